The van der Waals surface area contributed by atoms with Crippen molar-refractivity contribution in [2.75, 3.05) is 20.2 Å². The quantitative estimate of drug-likeness (QED) is 0.811. The third-order valence-electron chi connectivity index (χ3n) is 4.59. The summed E-state index contributed by atoms with van der Waals surface area (Å²) in [6.07, 6.45) is 4.63. The molecule has 1 aliphatic carbocycles. The Labute approximate surface area is 134 Å². The zero-order valence-corrected chi connectivity index (χ0v) is 14.0. The highest BCUT2D eigenvalue weighted by Crippen LogP contribution is 2.48. The predicted octanol–water partition coefficient (Wildman–Crippen LogP) is 3.58. The average molecular weight is 352 g/mol. The van der Waals surface area contributed by atoms with Gasteiger partial charge in [0.25, 0.3) is 0 Å². The first-order valence-corrected chi connectivity index (χ1v) is 8.56. The van der Waals surface area contributed by atoms with Gasteiger partial charge in [-0.15, -0.1) is 0 Å². The molecular weight excluding hydrogens is 330 g/mol. The van der Waals surface area contributed by atoms with Gasteiger partial charge in [-0.25, -0.2) is 0 Å². The molecule has 0 N–H and O–H groups in total. The Morgan fingerprint density at radius 1 is 1.38 bits per heavy atom. The van der Waals surface area contributed by atoms with Gasteiger partial charge in [-0.05, 0) is 49.3 Å². The van der Waals surface area contributed by atoms with Gasteiger partial charge < -0.3 is 9.64 Å². The van der Waals surface area contributed by atoms with Crippen molar-refractivity contribution in [2.24, 2.45) is 5.92 Å². The summed E-state index contributed by atoms with van der Waals surface area (Å²) in [5.74, 6) is 0.886. The Morgan fingerprint density at radius 2 is 2.14 bits per heavy atom. The summed E-state index contributed by atoms with van der Waals surface area (Å²) in [6.45, 7) is 1.70. The molecule has 1 saturated heterocycles. The Kier molecular flexibility index (Phi) is 4.65. The van der Waals surface area contributed by atoms with Crippen LogP contribution in [0.3, 0.4) is 0 Å². The molecule has 1 amide bonds. The monoisotopic (exact) mass is 351 g/mol. The molecule has 0 aromatic heterocycles. The summed E-state index contributed by atoms with van der Waals surface area (Å²) in [6, 6.07) is 8.34. The van der Waals surface area contributed by atoms with Gasteiger partial charge >= 0.3 is 0 Å². The predicted molar refractivity (Wildman–Crippen MR) is 86.2 cm³/mol. The molecule has 4 heteroatoms. The van der Waals surface area contributed by atoms with Crippen LogP contribution in [0.5, 0.6) is 0 Å². The first-order valence-electron chi connectivity index (χ1n) is 7.77. The standard InChI is InChI=1S/C17H22BrNO2/c1-19(9-8-14-3-2-10-21-14)17(20)16-11-15(16)12-4-6-13(18)7-5-12/h4-7,14-16H,2-3,8-11H2,1H3/t14-,15+,16-/m0/s1. The molecule has 0 radical (unpaired) electrons. The summed E-state index contributed by atoms with van der Waals surface area (Å²) in [5.41, 5.74) is 1.28. The van der Waals surface area contributed by atoms with Crippen molar-refractivity contribution < 1.29 is 9.53 Å². The van der Waals surface area contributed by atoms with E-state index in [1.807, 2.05) is 11.9 Å². The summed E-state index contributed by atoms with van der Waals surface area (Å²) in [4.78, 5) is 14.3. The molecular formula is C17H22BrNO2. The lowest BCUT2D eigenvalue weighted by atomic mass is 10.1. The minimum absolute atomic E-state index is 0.181. The normalized spacial score (nSPS) is 27.6. The Bertz CT molecular complexity index is 496. The fraction of sp³-hybridized carbons (Fsp3) is 0.588. The summed E-state index contributed by atoms with van der Waals surface area (Å²) in [5, 5.41) is 0. The number of benzene rings is 1. The first-order chi connectivity index (χ1) is 10.1. The Balaban J connectivity index is 1.48. The topological polar surface area (TPSA) is 29.5 Å². The summed E-state index contributed by atoms with van der Waals surface area (Å²) in [7, 11) is 1.92. The van der Waals surface area contributed by atoms with Crippen LogP contribution in [0, 0.1) is 5.92 Å². The van der Waals surface area contributed by atoms with E-state index in [4.69, 9.17) is 4.74 Å². The van der Waals surface area contributed by atoms with Crippen LogP contribution in [0.25, 0.3) is 0 Å². The molecule has 1 heterocycles. The fourth-order valence-corrected chi connectivity index (χ4v) is 3.41. The zero-order valence-electron chi connectivity index (χ0n) is 12.4. The van der Waals surface area contributed by atoms with Crippen LogP contribution in [-0.4, -0.2) is 37.1 Å². The smallest absolute Gasteiger partial charge is 0.226 e. The maximum absolute atomic E-state index is 12.4. The van der Waals surface area contributed by atoms with Gasteiger partial charge in [-0.2, -0.15) is 0 Å². The van der Waals surface area contributed by atoms with E-state index in [0.717, 1.165) is 43.3 Å². The number of hydrogen-bond acceptors (Lipinski definition) is 2. The number of halogens is 1. The van der Waals surface area contributed by atoms with Gasteiger partial charge in [0.1, 0.15) is 0 Å². The molecule has 21 heavy (non-hydrogen) atoms. The molecule has 0 unspecified atom stereocenters. The van der Waals surface area contributed by atoms with Crippen molar-refractivity contribution in [3.05, 3.63) is 34.3 Å². The van der Waals surface area contributed by atoms with Gasteiger partial charge in [-0.3, -0.25) is 4.79 Å². The van der Waals surface area contributed by atoms with Crippen molar-refractivity contribution in [1.29, 1.82) is 0 Å². The molecule has 3 atom stereocenters. The molecule has 1 aromatic carbocycles. The van der Waals surface area contributed by atoms with E-state index >= 15 is 0 Å². The van der Waals surface area contributed by atoms with Crippen molar-refractivity contribution >= 4 is 21.8 Å². The lowest BCUT2D eigenvalue weighted by molar-refractivity contribution is -0.131. The fourth-order valence-electron chi connectivity index (χ4n) is 3.15. The second-order valence-electron chi connectivity index (χ2n) is 6.18. The van der Waals surface area contributed by atoms with E-state index in [-0.39, 0.29) is 5.92 Å². The van der Waals surface area contributed by atoms with E-state index in [9.17, 15) is 4.79 Å². The van der Waals surface area contributed by atoms with Gasteiger partial charge in [0.2, 0.25) is 5.91 Å². The second kappa shape index (κ2) is 6.49. The van der Waals surface area contributed by atoms with Crippen LogP contribution in [0.1, 0.15) is 37.2 Å². The highest BCUT2D eigenvalue weighted by Gasteiger charge is 2.45. The molecule has 114 valence electrons. The second-order valence-corrected chi connectivity index (χ2v) is 7.10. The van der Waals surface area contributed by atoms with Crippen LogP contribution in [0.2, 0.25) is 0 Å². The maximum Gasteiger partial charge on any atom is 0.226 e. The van der Waals surface area contributed by atoms with Crippen LogP contribution >= 0.6 is 15.9 Å². The lowest BCUT2D eigenvalue weighted by Gasteiger charge is -2.19. The minimum Gasteiger partial charge on any atom is -0.378 e. The highest BCUT2D eigenvalue weighted by molar-refractivity contribution is 9.10. The van der Waals surface area contributed by atoms with Crippen LogP contribution in [-0.2, 0) is 9.53 Å². The van der Waals surface area contributed by atoms with Crippen LogP contribution in [0.4, 0.5) is 0 Å². The minimum atomic E-state index is 0.181. The van der Waals surface area contributed by atoms with Crippen molar-refractivity contribution in [3.63, 3.8) is 0 Å². The van der Waals surface area contributed by atoms with E-state index in [1.165, 1.54) is 5.56 Å². The number of nitrogens with zero attached hydrogens (tertiary/aromatic N) is 1. The number of carbonyl (C=O) groups is 1. The number of rotatable bonds is 5. The molecule has 1 aliphatic heterocycles. The molecule has 2 fully saturated rings. The highest BCUT2D eigenvalue weighted by atomic mass is 79.9. The molecule has 3 nitrogen and oxygen atoms in total. The van der Waals surface area contributed by atoms with Crippen molar-refractivity contribution in [2.45, 2.75) is 37.7 Å². The first kappa shape index (κ1) is 15.0. The van der Waals surface area contributed by atoms with Gasteiger partial charge in [0, 0.05) is 30.6 Å². The average Bonchev–Trinajstić information content (AvgIpc) is 3.11. The third kappa shape index (κ3) is 3.67. The Hall–Kier alpha value is -0.870. The van der Waals surface area contributed by atoms with Gasteiger partial charge in [0.05, 0.1) is 6.10 Å². The third-order valence-corrected chi connectivity index (χ3v) is 5.12. The maximum atomic E-state index is 12.4. The Morgan fingerprint density at radius 3 is 2.81 bits per heavy atom. The number of hydrogen-bond donors (Lipinski definition) is 0. The van der Waals surface area contributed by atoms with Crippen LogP contribution < -0.4 is 0 Å². The van der Waals surface area contributed by atoms with E-state index < -0.39 is 0 Å². The molecule has 1 aromatic rings. The van der Waals surface area contributed by atoms with E-state index in [2.05, 4.69) is 40.2 Å². The van der Waals surface area contributed by atoms with Crippen molar-refractivity contribution in [3.8, 4) is 0 Å². The molecule has 0 spiro atoms. The summed E-state index contributed by atoms with van der Waals surface area (Å²) < 4.78 is 6.70. The van der Waals surface area contributed by atoms with E-state index in [1.54, 1.807) is 0 Å². The molecule has 3 rings (SSSR count). The number of amides is 1. The van der Waals surface area contributed by atoms with Gasteiger partial charge in [-0.1, -0.05) is 28.1 Å². The molecule has 0 bridgehead atoms. The molecule has 1 saturated carbocycles. The molecule has 2 aliphatic rings. The summed E-state index contributed by atoms with van der Waals surface area (Å²) >= 11 is 3.45. The van der Waals surface area contributed by atoms with E-state index in [0.29, 0.717) is 17.9 Å². The SMILES string of the molecule is CN(CC[C@@H]1CCCO1)C(=O)[C@H]1C[C@@H]1c1ccc(Br)cc1. The van der Waals surface area contributed by atoms with Crippen LogP contribution in [0.15, 0.2) is 28.7 Å². The lowest BCUT2D eigenvalue weighted by Crippen LogP contribution is -2.31. The largest absolute Gasteiger partial charge is 0.378 e. The van der Waals surface area contributed by atoms with Crippen molar-refractivity contribution in [1.82, 2.24) is 4.90 Å². The number of ether oxygens (including phenoxy) is 1. The zero-order chi connectivity index (χ0) is 14.8. The van der Waals surface area contributed by atoms with Gasteiger partial charge in [0.15, 0.2) is 0 Å². The number of carbonyl (C=O) groups excluding carboxylic acids is 1.